The van der Waals surface area contributed by atoms with Gasteiger partial charge in [-0.2, -0.15) is 16.8 Å². The van der Waals surface area contributed by atoms with Crippen molar-refractivity contribution in [1.29, 1.82) is 0 Å². The highest BCUT2D eigenvalue weighted by Crippen LogP contribution is 2.04. The maximum Gasteiger partial charge on any atom is 0.325 e. The molecule has 0 aliphatic carbocycles. The highest BCUT2D eigenvalue weighted by Gasteiger charge is 2.33. The standard InChI is InChI=1S/2C4H6O7S.H4Si/c2*5-3(6)1-2(4(7)8)12(9,10)11;/h2*2H,1H2,(H,5,6)(H,7,8)(H,9,10,11);1H4. The molecule has 17 heteroatoms. The topological polar surface area (TPSA) is 258 Å². The zero-order valence-corrected chi connectivity index (χ0v) is 13.0. The predicted octanol–water partition coefficient (Wildman–Crippen LogP) is -3.85. The van der Waals surface area contributed by atoms with E-state index in [1.807, 2.05) is 0 Å². The fourth-order valence-corrected chi connectivity index (χ4v) is 2.17. The van der Waals surface area contributed by atoms with Gasteiger partial charge in [-0.25, -0.2) is 0 Å². The molecule has 0 radical (unpaired) electrons. The monoisotopic (exact) mass is 428 g/mol. The van der Waals surface area contributed by atoms with E-state index in [2.05, 4.69) is 0 Å². The Bertz CT molecular complexity index is 645. The first-order valence-corrected chi connectivity index (χ1v) is 8.32. The van der Waals surface area contributed by atoms with Crippen molar-refractivity contribution >= 4 is 55.1 Å². The van der Waals surface area contributed by atoms with Gasteiger partial charge < -0.3 is 20.4 Å². The van der Waals surface area contributed by atoms with E-state index in [1.54, 1.807) is 0 Å². The maximum absolute atomic E-state index is 10.2. The molecule has 0 rings (SSSR count). The fourth-order valence-electron chi connectivity index (χ4n) is 0.957. The minimum atomic E-state index is -4.84. The molecule has 0 spiro atoms. The lowest BCUT2D eigenvalue weighted by atomic mass is 10.3. The summed E-state index contributed by atoms with van der Waals surface area (Å²) in [7, 11) is -9.68. The Morgan fingerprint density at radius 2 is 0.840 bits per heavy atom. The van der Waals surface area contributed by atoms with Crippen LogP contribution in [0.2, 0.25) is 0 Å². The first kappa shape index (κ1) is 27.8. The van der Waals surface area contributed by atoms with Gasteiger partial charge in [-0.1, -0.05) is 0 Å². The van der Waals surface area contributed by atoms with Crippen molar-refractivity contribution in [1.82, 2.24) is 0 Å². The normalized spacial score (nSPS) is 13.2. The molecule has 0 aliphatic heterocycles. The number of hydrogen-bond acceptors (Lipinski definition) is 8. The molecule has 2 atom stereocenters. The van der Waals surface area contributed by atoms with Crippen LogP contribution in [0.25, 0.3) is 0 Å². The summed E-state index contributed by atoms with van der Waals surface area (Å²) in [5, 5.41) is 27.8. The van der Waals surface area contributed by atoms with Crippen molar-refractivity contribution < 1.29 is 65.5 Å². The van der Waals surface area contributed by atoms with Crippen LogP contribution in [0.4, 0.5) is 0 Å². The molecule has 0 saturated heterocycles. The third kappa shape index (κ3) is 12.9. The fraction of sp³-hybridized carbons (Fsp3) is 0.500. The van der Waals surface area contributed by atoms with Crippen LogP contribution in [0.3, 0.4) is 0 Å². The van der Waals surface area contributed by atoms with Crippen molar-refractivity contribution in [2.75, 3.05) is 0 Å². The molecule has 148 valence electrons. The van der Waals surface area contributed by atoms with Crippen LogP contribution in [0, 0.1) is 0 Å². The van der Waals surface area contributed by atoms with Crippen molar-refractivity contribution in [2.45, 2.75) is 23.3 Å². The largest absolute Gasteiger partial charge is 0.481 e. The van der Waals surface area contributed by atoms with Crippen LogP contribution in [-0.2, 0) is 39.4 Å². The van der Waals surface area contributed by atoms with E-state index in [0.29, 0.717) is 0 Å². The van der Waals surface area contributed by atoms with Gasteiger partial charge in [0.15, 0.2) is 10.5 Å². The van der Waals surface area contributed by atoms with E-state index in [-0.39, 0.29) is 11.0 Å². The summed E-state index contributed by atoms with van der Waals surface area (Å²) in [5.74, 6) is -7.00. The second kappa shape index (κ2) is 10.7. The predicted molar refractivity (Wildman–Crippen MR) is 81.8 cm³/mol. The number of carbonyl (C=O) groups is 4. The van der Waals surface area contributed by atoms with E-state index in [9.17, 15) is 36.0 Å². The van der Waals surface area contributed by atoms with Gasteiger partial charge in [0.05, 0.1) is 12.8 Å². The Kier molecular flexibility index (Phi) is 11.9. The minimum Gasteiger partial charge on any atom is -0.481 e. The van der Waals surface area contributed by atoms with Crippen LogP contribution < -0.4 is 0 Å². The molecule has 0 bridgehead atoms. The molecule has 0 fully saturated rings. The molecule has 0 aromatic rings. The SMILES string of the molecule is O=C(O)CC(C(=O)O)S(=O)(=O)O.O=C(O)CC(C(=O)O)S(=O)(=O)O.[SiH4]. The van der Waals surface area contributed by atoms with Gasteiger partial charge in [0.2, 0.25) is 0 Å². The Hall–Kier alpha value is -2.08. The van der Waals surface area contributed by atoms with Crippen LogP contribution in [0.15, 0.2) is 0 Å². The number of aliphatic carboxylic acids is 4. The Labute approximate surface area is 144 Å². The van der Waals surface area contributed by atoms with Gasteiger partial charge in [0.25, 0.3) is 20.2 Å². The Morgan fingerprint density at radius 3 is 0.880 bits per heavy atom. The number of hydrogen-bond donors (Lipinski definition) is 6. The first-order chi connectivity index (χ1) is 10.5. The first-order valence-electron chi connectivity index (χ1n) is 5.32. The molecule has 0 aromatic heterocycles. The van der Waals surface area contributed by atoms with Crippen molar-refractivity contribution in [3.8, 4) is 0 Å². The number of carboxylic acids is 4. The van der Waals surface area contributed by atoms with E-state index < -0.39 is 67.5 Å². The average Bonchev–Trinajstić information content (AvgIpc) is 2.30. The van der Waals surface area contributed by atoms with Gasteiger partial charge in [-0.05, 0) is 11.0 Å². The Balaban J connectivity index is -0.000000372. The highest BCUT2D eigenvalue weighted by atomic mass is 32.2. The molecular weight excluding hydrogens is 412 g/mol. The van der Waals surface area contributed by atoms with Gasteiger partial charge in [-0.3, -0.25) is 28.3 Å². The van der Waals surface area contributed by atoms with E-state index >= 15 is 0 Å². The summed E-state index contributed by atoms with van der Waals surface area (Å²) in [4.78, 5) is 40.0. The smallest absolute Gasteiger partial charge is 0.325 e. The van der Waals surface area contributed by atoms with Crippen LogP contribution in [0.5, 0.6) is 0 Å². The minimum absolute atomic E-state index is 0. The molecule has 0 heterocycles. The van der Waals surface area contributed by atoms with Crippen LogP contribution in [0.1, 0.15) is 12.8 Å². The summed E-state index contributed by atoms with van der Waals surface area (Å²) in [6.45, 7) is 0. The molecular formula is C8H16O14S2Si. The number of carboxylic acid groups (broad SMARTS) is 4. The molecule has 0 saturated carbocycles. The van der Waals surface area contributed by atoms with Crippen LogP contribution >= 0.6 is 0 Å². The lowest BCUT2D eigenvalue weighted by Gasteiger charge is -2.04. The quantitative estimate of drug-likeness (QED) is 0.160. The van der Waals surface area contributed by atoms with Gasteiger partial charge in [0, 0.05) is 0 Å². The highest BCUT2D eigenvalue weighted by molar-refractivity contribution is 7.87. The third-order valence-electron chi connectivity index (χ3n) is 1.99. The zero-order chi connectivity index (χ0) is 19.9. The number of rotatable bonds is 8. The second-order valence-corrected chi connectivity index (χ2v) is 7.08. The average molecular weight is 428 g/mol. The lowest BCUT2D eigenvalue weighted by molar-refractivity contribution is -0.143. The molecule has 0 amide bonds. The summed E-state index contributed by atoms with van der Waals surface area (Å²) in [6, 6.07) is 0. The van der Waals surface area contributed by atoms with Gasteiger partial charge in [-0.15, -0.1) is 0 Å². The lowest BCUT2D eigenvalue weighted by Crippen LogP contribution is -2.31. The molecule has 0 aliphatic rings. The van der Waals surface area contributed by atoms with E-state index in [4.69, 9.17) is 29.5 Å². The molecule has 14 nitrogen and oxygen atoms in total. The Morgan fingerprint density at radius 1 is 0.640 bits per heavy atom. The third-order valence-corrected chi connectivity index (χ3v) is 4.16. The molecule has 0 aromatic carbocycles. The second-order valence-electron chi connectivity index (χ2n) is 3.88. The van der Waals surface area contributed by atoms with Crippen molar-refractivity contribution in [3.63, 3.8) is 0 Å². The molecule has 2 unspecified atom stereocenters. The zero-order valence-electron chi connectivity index (χ0n) is 11.3. The van der Waals surface area contributed by atoms with Crippen molar-refractivity contribution in [3.05, 3.63) is 0 Å². The van der Waals surface area contributed by atoms with Crippen LogP contribution in [-0.4, -0.2) is 91.7 Å². The molecule has 25 heavy (non-hydrogen) atoms. The van der Waals surface area contributed by atoms with E-state index in [0.717, 1.165) is 0 Å². The van der Waals surface area contributed by atoms with Crippen molar-refractivity contribution in [2.24, 2.45) is 0 Å². The molecule has 6 N–H and O–H groups in total. The van der Waals surface area contributed by atoms with Gasteiger partial charge >= 0.3 is 23.9 Å². The summed E-state index contributed by atoms with van der Waals surface area (Å²) >= 11 is 0. The summed E-state index contributed by atoms with van der Waals surface area (Å²) in [6.07, 6.45) is -2.32. The van der Waals surface area contributed by atoms with Gasteiger partial charge in [0.1, 0.15) is 0 Å². The summed E-state index contributed by atoms with van der Waals surface area (Å²) < 4.78 is 57.3. The van der Waals surface area contributed by atoms with E-state index in [1.165, 1.54) is 0 Å². The maximum atomic E-state index is 10.2. The summed E-state index contributed by atoms with van der Waals surface area (Å²) in [5.41, 5.74) is 0.